The first kappa shape index (κ1) is 19.6. The number of carbonyl (C=O) groups is 2. The first-order valence-corrected chi connectivity index (χ1v) is 10.3. The number of hydrogen-bond donors (Lipinski definition) is 2. The predicted octanol–water partition coefficient (Wildman–Crippen LogP) is 1.13. The molecule has 0 atom stereocenters. The van der Waals surface area contributed by atoms with Crippen molar-refractivity contribution < 1.29 is 9.59 Å². The summed E-state index contributed by atoms with van der Waals surface area (Å²) in [6.07, 6.45) is 1.75. The van der Waals surface area contributed by atoms with Crippen LogP contribution in [-0.2, 0) is 17.9 Å². The molecule has 2 N–H and O–H groups in total. The monoisotopic (exact) mass is 396 g/mol. The van der Waals surface area contributed by atoms with Crippen LogP contribution in [0.2, 0.25) is 0 Å². The molecule has 4 rings (SSSR count). The summed E-state index contributed by atoms with van der Waals surface area (Å²) in [7, 11) is 0. The zero-order valence-corrected chi connectivity index (χ0v) is 17.1. The Bertz CT molecular complexity index is 894. The number of aromatic nitrogens is 3. The second-order valence-electron chi connectivity index (χ2n) is 8.02. The molecule has 1 fully saturated rings. The van der Waals surface area contributed by atoms with Crippen molar-refractivity contribution >= 4 is 11.8 Å². The van der Waals surface area contributed by atoms with Gasteiger partial charge in [0.05, 0.1) is 13.1 Å². The van der Waals surface area contributed by atoms with Crippen LogP contribution in [0.1, 0.15) is 51.9 Å². The van der Waals surface area contributed by atoms with Crippen LogP contribution in [-0.4, -0.2) is 57.7 Å². The van der Waals surface area contributed by atoms with Crippen LogP contribution in [0.4, 0.5) is 0 Å². The van der Waals surface area contributed by atoms with Gasteiger partial charge in [-0.25, -0.2) is 0 Å². The predicted molar refractivity (Wildman–Crippen MR) is 109 cm³/mol. The lowest BCUT2D eigenvalue weighted by Crippen LogP contribution is -2.44. The largest absolute Gasteiger partial charge is 0.343 e. The van der Waals surface area contributed by atoms with E-state index in [1.165, 1.54) is 0 Å². The zero-order chi connectivity index (χ0) is 20.4. The summed E-state index contributed by atoms with van der Waals surface area (Å²) >= 11 is 0. The van der Waals surface area contributed by atoms with E-state index in [0.29, 0.717) is 24.6 Å². The zero-order valence-electron chi connectivity index (χ0n) is 17.1. The van der Waals surface area contributed by atoms with E-state index >= 15 is 0 Å². The van der Waals surface area contributed by atoms with Gasteiger partial charge in [0.2, 0.25) is 5.91 Å². The van der Waals surface area contributed by atoms with Crippen molar-refractivity contribution in [3.8, 4) is 0 Å². The van der Waals surface area contributed by atoms with E-state index in [2.05, 4.69) is 25.4 Å². The summed E-state index contributed by atoms with van der Waals surface area (Å²) in [5, 5.41) is 14.8. The van der Waals surface area contributed by atoms with Gasteiger partial charge in [-0.05, 0) is 38.8 Å². The number of aryl methyl sites for hydroxylation is 2. The average Bonchev–Trinajstić information content (AvgIpc) is 3.15. The molecule has 3 heterocycles. The van der Waals surface area contributed by atoms with E-state index in [1.54, 1.807) is 0 Å². The molecule has 2 amide bonds. The molecule has 0 aliphatic carbocycles. The van der Waals surface area contributed by atoms with Crippen LogP contribution < -0.4 is 10.6 Å². The van der Waals surface area contributed by atoms with Crippen molar-refractivity contribution in [2.45, 2.75) is 45.7 Å². The number of carbonyl (C=O) groups excluding carboxylic acids is 2. The van der Waals surface area contributed by atoms with Crippen LogP contribution in [0.3, 0.4) is 0 Å². The van der Waals surface area contributed by atoms with E-state index < -0.39 is 0 Å². The van der Waals surface area contributed by atoms with Crippen molar-refractivity contribution in [1.29, 1.82) is 0 Å². The molecule has 2 aliphatic rings. The van der Waals surface area contributed by atoms with Crippen LogP contribution in [0.15, 0.2) is 18.2 Å². The lowest BCUT2D eigenvalue weighted by Gasteiger charge is -2.32. The van der Waals surface area contributed by atoms with Crippen molar-refractivity contribution in [1.82, 2.24) is 30.3 Å². The molecule has 8 nitrogen and oxygen atoms in total. The molecule has 1 aromatic heterocycles. The van der Waals surface area contributed by atoms with Gasteiger partial charge in [-0.1, -0.05) is 17.2 Å². The van der Waals surface area contributed by atoms with E-state index in [4.69, 9.17) is 0 Å². The Balaban J connectivity index is 1.29. The summed E-state index contributed by atoms with van der Waals surface area (Å²) in [4.78, 5) is 26.8. The molecule has 0 radical (unpaired) electrons. The lowest BCUT2D eigenvalue weighted by molar-refractivity contribution is -0.131. The number of amides is 2. The maximum Gasteiger partial charge on any atom is 0.251 e. The van der Waals surface area contributed by atoms with Gasteiger partial charge >= 0.3 is 0 Å². The van der Waals surface area contributed by atoms with Crippen LogP contribution in [0, 0.1) is 13.8 Å². The lowest BCUT2D eigenvalue weighted by atomic mass is 9.95. The van der Waals surface area contributed by atoms with E-state index in [9.17, 15) is 9.59 Å². The molecule has 0 spiro atoms. The first-order chi connectivity index (χ1) is 14.0. The van der Waals surface area contributed by atoms with E-state index in [-0.39, 0.29) is 18.4 Å². The van der Waals surface area contributed by atoms with Gasteiger partial charge in [-0.15, -0.1) is 10.2 Å². The highest BCUT2D eigenvalue weighted by molar-refractivity contribution is 5.96. The molecule has 2 aliphatic heterocycles. The first-order valence-electron chi connectivity index (χ1n) is 10.3. The van der Waals surface area contributed by atoms with Gasteiger partial charge in [0.25, 0.3) is 5.91 Å². The van der Waals surface area contributed by atoms with Gasteiger partial charge in [0, 0.05) is 37.7 Å². The Hall–Kier alpha value is -2.74. The number of nitrogens with zero attached hydrogens (tertiary/aromatic N) is 4. The van der Waals surface area contributed by atoms with Crippen molar-refractivity contribution in [3.05, 3.63) is 46.5 Å². The molecule has 0 saturated carbocycles. The molecule has 29 heavy (non-hydrogen) atoms. The minimum Gasteiger partial charge on any atom is -0.343 e. The summed E-state index contributed by atoms with van der Waals surface area (Å²) in [6.45, 7) is 7.93. The second-order valence-corrected chi connectivity index (χ2v) is 8.02. The molecule has 154 valence electrons. The quantitative estimate of drug-likeness (QED) is 0.808. The standard InChI is InChI=1S/C21H28N6O2/c1-14-9-15(2)11-17(10-14)21(29)23-13-19(28)26-6-3-16(4-7-26)20-25-24-18-12-22-5-8-27(18)20/h9-11,16,22H,3-8,12-13H2,1-2H3,(H,23,29). The third kappa shape index (κ3) is 4.32. The minimum atomic E-state index is -0.205. The normalized spacial score (nSPS) is 17.1. The van der Waals surface area contributed by atoms with Gasteiger partial charge in [-0.2, -0.15) is 0 Å². The number of fused-ring (bicyclic) bond motifs is 1. The summed E-state index contributed by atoms with van der Waals surface area (Å²) in [6, 6.07) is 5.70. The number of rotatable bonds is 4. The Kier molecular flexibility index (Phi) is 5.62. The van der Waals surface area contributed by atoms with Crippen LogP contribution in [0.25, 0.3) is 0 Å². The summed E-state index contributed by atoms with van der Waals surface area (Å²) in [5.41, 5.74) is 2.67. The van der Waals surface area contributed by atoms with Gasteiger partial charge in [-0.3, -0.25) is 9.59 Å². The van der Waals surface area contributed by atoms with Gasteiger partial charge < -0.3 is 20.1 Å². The Morgan fingerprint density at radius 1 is 1.10 bits per heavy atom. The molecule has 1 aromatic carbocycles. The van der Waals surface area contributed by atoms with E-state index in [1.807, 2.05) is 36.9 Å². The maximum absolute atomic E-state index is 12.6. The Morgan fingerprint density at radius 2 is 1.83 bits per heavy atom. The third-order valence-corrected chi connectivity index (χ3v) is 5.75. The van der Waals surface area contributed by atoms with Crippen molar-refractivity contribution in [2.24, 2.45) is 0 Å². The number of likely N-dealkylation sites (tertiary alicyclic amines) is 1. The van der Waals surface area contributed by atoms with Crippen molar-refractivity contribution in [3.63, 3.8) is 0 Å². The number of benzene rings is 1. The molecule has 1 saturated heterocycles. The van der Waals surface area contributed by atoms with Crippen molar-refractivity contribution in [2.75, 3.05) is 26.2 Å². The molecular formula is C21H28N6O2. The van der Waals surface area contributed by atoms with Crippen LogP contribution >= 0.6 is 0 Å². The number of nitrogens with one attached hydrogen (secondary N) is 2. The molecule has 0 bridgehead atoms. The smallest absolute Gasteiger partial charge is 0.251 e. The minimum absolute atomic E-state index is 0.0302. The van der Waals surface area contributed by atoms with Gasteiger partial charge in [0.1, 0.15) is 11.6 Å². The fraction of sp³-hybridized carbons (Fsp3) is 0.524. The third-order valence-electron chi connectivity index (χ3n) is 5.75. The molecule has 0 unspecified atom stereocenters. The summed E-state index contributed by atoms with van der Waals surface area (Å²) < 4.78 is 2.22. The van der Waals surface area contributed by atoms with Gasteiger partial charge in [0.15, 0.2) is 0 Å². The highest BCUT2D eigenvalue weighted by atomic mass is 16.2. The average molecular weight is 396 g/mol. The Morgan fingerprint density at radius 3 is 2.55 bits per heavy atom. The fourth-order valence-electron chi connectivity index (χ4n) is 4.28. The highest BCUT2D eigenvalue weighted by Crippen LogP contribution is 2.27. The number of piperidine rings is 1. The topological polar surface area (TPSA) is 92.2 Å². The van der Waals surface area contributed by atoms with E-state index in [0.717, 1.165) is 55.3 Å². The summed E-state index contributed by atoms with van der Waals surface area (Å²) in [5.74, 6) is 2.15. The van der Waals surface area contributed by atoms with Crippen LogP contribution in [0.5, 0.6) is 0 Å². The fourth-order valence-corrected chi connectivity index (χ4v) is 4.28. The number of hydrogen-bond acceptors (Lipinski definition) is 5. The SMILES string of the molecule is Cc1cc(C)cc(C(=O)NCC(=O)N2CCC(c3nnc4n3CCNC4)CC2)c1. The molecular weight excluding hydrogens is 368 g/mol. The highest BCUT2D eigenvalue weighted by Gasteiger charge is 2.28. The molecule has 8 heteroatoms. The Labute approximate surface area is 170 Å². The second kappa shape index (κ2) is 8.32. The molecule has 2 aromatic rings. The maximum atomic E-state index is 12.6.